The average molecular weight is 271 g/mol. The molecule has 100 valence electrons. The minimum absolute atomic E-state index is 0.404. The first-order valence-corrected chi connectivity index (χ1v) is 8.08. The van der Waals surface area contributed by atoms with Crippen LogP contribution in [0.15, 0.2) is 35.0 Å². The molecule has 0 bridgehead atoms. The van der Waals surface area contributed by atoms with E-state index in [4.69, 9.17) is 0 Å². The predicted octanol–water partition coefficient (Wildman–Crippen LogP) is 4.65. The van der Waals surface area contributed by atoms with Crippen LogP contribution in [0.1, 0.15) is 54.6 Å². The summed E-state index contributed by atoms with van der Waals surface area (Å²) in [7, 11) is 0. The molecular weight excluding hydrogens is 250 g/mol. The Bertz CT molecular complexity index is 544. The van der Waals surface area contributed by atoms with Gasteiger partial charge < -0.3 is 5.32 Å². The first-order chi connectivity index (χ1) is 9.24. The summed E-state index contributed by atoms with van der Waals surface area (Å²) >= 11 is 1.77. The lowest BCUT2D eigenvalue weighted by Gasteiger charge is -2.20. The van der Waals surface area contributed by atoms with Gasteiger partial charge in [0, 0.05) is 12.1 Å². The summed E-state index contributed by atoms with van der Waals surface area (Å²) in [4.78, 5) is 0. The SMILES string of the molecule is CC(NC(C)c1ccc2c(c1)CCC2)c1ccsc1. The number of nitrogens with one attached hydrogen (secondary N) is 1. The van der Waals surface area contributed by atoms with Gasteiger partial charge in [0.05, 0.1) is 0 Å². The fraction of sp³-hybridized carbons (Fsp3) is 0.412. The Morgan fingerprint density at radius 1 is 1.00 bits per heavy atom. The van der Waals surface area contributed by atoms with E-state index < -0.39 is 0 Å². The van der Waals surface area contributed by atoms with Crippen LogP contribution in [0.2, 0.25) is 0 Å². The van der Waals surface area contributed by atoms with E-state index >= 15 is 0 Å². The number of benzene rings is 1. The molecule has 2 unspecified atom stereocenters. The van der Waals surface area contributed by atoms with Gasteiger partial charge in [0.25, 0.3) is 0 Å². The molecular formula is C17H21NS. The molecule has 0 amide bonds. The standard InChI is InChI=1S/C17H21NS/c1-12(18-13(2)17-8-9-19-11-17)15-7-6-14-4-3-5-16(14)10-15/h6-13,18H,3-5H2,1-2H3. The second-order valence-electron chi connectivity index (χ2n) is 5.55. The van der Waals surface area contributed by atoms with Crippen molar-refractivity contribution in [2.45, 2.75) is 45.2 Å². The quantitative estimate of drug-likeness (QED) is 0.853. The molecule has 1 aliphatic carbocycles. The summed E-state index contributed by atoms with van der Waals surface area (Å²) in [5, 5.41) is 8.07. The summed E-state index contributed by atoms with van der Waals surface area (Å²) in [6, 6.07) is 10.0. The minimum atomic E-state index is 0.404. The summed E-state index contributed by atoms with van der Waals surface area (Å²) in [6.45, 7) is 4.51. The van der Waals surface area contributed by atoms with E-state index in [0.29, 0.717) is 12.1 Å². The first-order valence-electron chi connectivity index (χ1n) is 7.14. The van der Waals surface area contributed by atoms with Crippen LogP contribution >= 0.6 is 11.3 Å². The van der Waals surface area contributed by atoms with Crippen LogP contribution in [-0.4, -0.2) is 0 Å². The van der Waals surface area contributed by atoms with E-state index in [-0.39, 0.29) is 0 Å². The third kappa shape index (κ3) is 2.75. The number of fused-ring (bicyclic) bond motifs is 1. The van der Waals surface area contributed by atoms with E-state index in [1.165, 1.54) is 30.4 Å². The lowest BCUT2D eigenvalue weighted by Crippen LogP contribution is -2.22. The predicted molar refractivity (Wildman–Crippen MR) is 82.8 cm³/mol. The van der Waals surface area contributed by atoms with Crippen molar-refractivity contribution in [2.24, 2.45) is 0 Å². The minimum Gasteiger partial charge on any atom is -0.304 e. The summed E-state index contributed by atoms with van der Waals surface area (Å²) in [5.74, 6) is 0. The van der Waals surface area contributed by atoms with Crippen LogP contribution in [0.4, 0.5) is 0 Å². The molecule has 0 spiro atoms. The zero-order valence-corrected chi connectivity index (χ0v) is 12.5. The highest BCUT2D eigenvalue weighted by Gasteiger charge is 2.15. The molecule has 0 saturated heterocycles. The number of rotatable bonds is 4. The molecule has 1 aromatic heterocycles. The highest BCUT2D eigenvalue weighted by molar-refractivity contribution is 7.07. The molecule has 0 saturated carbocycles. The van der Waals surface area contributed by atoms with Crippen LogP contribution in [-0.2, 0) is 12.8 Å². The van der Waals surface area contributed by atoms with Gasteiger partial charge in [-0.25, -0.2) is 0 Å². The average Bonchev–Trinajstić information content (AvgIpc) is 3.09. The van der Waals surface area contributed by atoms with Gasteiger partial charge in [0.1, 0.15) is 0 Å². The molecule has 3 rings (SSSR count). The maximum atomic E-state index is 3.70. The Morgan fingerprint density at radius 3 is 2.58 bits per heavy atom. The zero-order valence-electron chi connectivity index (χ0n) is 11.6. The molecule has 1 aromatic carbocycles. The monoisotopic (exact) mass is 271 g/mol. The molecule has 1 aliphatic rings. The Labute approximate surface area is 119 Å². The van der Waals surface area contributed by atoms with Crippen LogP contribution in [0.3, 0.4) is 0 Å². The Morgan fingerprint density at radius 2 is 1.79 bits per heavy atom. The molecule has 0 aliphatic heterocycles. The molecule has 1 heterocycles. The zero-order chi connectivity index (χ0) is 13.2. The molecule has 0 radical (unpaired) electrons. The molecule has 1 N–H and O–H groups in total. The van der Waals surface area contributed by atoms with Crippen molar-refractivity contribution < 1.29 is 0 Å². The smallest absolute Gasteiger partial charge is 0.0305 e. The van der Waals surface area contributed by atoms with E-state index in [1.807, 2.05) is 0 Å². The van der Waals surface area contributed by atoms with Crippen molar-refractivity contribution in [2.75, 3.05) is 0 Å². The highest BCUT2D eigenvalue weighted by atomic mass is 32.1. The molecule has 19 heavy (non-hydrogen) atoms. The second-order valence-corrected chi connectivity index (χ2v) is 6.33. The van der Waals surface area contributed by atoms with Gasteiger partial charge in [0.2, 0.25) is 0 Å². The van der Waals surface area contributed by atoms with Gasteiger partial charge in [-0.05, 0) is 72.2 Å². The lowest BCUT2D eigenvalue weighted by molar-refractivity contribution is 0.495. The lowest BCUT2D eigenvalue weighted by atomic mass is 10.0. The van der Waals surface area contributed by atoms with Crippen molar-refractivity contribution in [1.29, 1.82) is 0 Å². The van der Waals surface area contributed by atoms with Gasteiger partial charge in [0.15, 0.2) is 0 Å². The third-order valence-corrected chi connectivity index (χ3v) is 4.87. The Kier molecular flexibility index (Phi) is 3.72. The summed E-state index contributed by atoms with van der Waals surface area (Å²) in [6.07, 6.45) is 3.85. The fourth-order valence-electron chi connectivity index (χ4n) is 2.95. The van der Waals surface area contributed by atoms with Gasteiger partial charge in [-0.1, -0.05) is 18.2 Å². The maximum Gasteiger partial charge on any atom is 0.0305 e. The van der Waals surface area contributed by atoms with Crippen molar-refractivity contribution >= 4 is 11.3 Å². The highest BCUT2D eigenvalue weighted by Crippen LogP contribution is 2.27. The van der Waals surface area contributed by atoms with Crippen LogP contribution < -0.4 is 5.32 Å². The van der Waals surface area contributed by atoms with E-state index in [9.17, 15) is 0 Å². The maximum absolute atomic E-state index is 3.70. The van der Waals surface area contributed by atoms with Gasteiger partial charge in [-0.3, -0.25) is 0 Å². The summed E-state index contributed by atoms with van der Waals surface area (Å²) in [5.41, 5.74) is 5.93. The normalized spacial score (nSPS) is 17.2. The molecule has 2 heteroatoms. The van der Waals surface area contributed by atoms with Crippen molar-refractivity contribution in [3.05, 3.63) is 57.3 Å². The fourth-order valence-corrected chi connectivity index (χ4v) is 3.70. The summed E-state index contributed by atoms with van der Waals surface area (Å²) < 4.78 is 0. The number of aryl methyl sites for hydroxylation is 2. The van der Waals surface area contributed by atoms with Crippen molar-refractivity contribution in [1.82, 2.24) is 5.32 Å². The van der Waals surface area contributed by atoms with Crippen LogP contribution in [0.25, 0.3) is 0 Å². The molecule has 0 fully saturated rings. The second kappa shape index (κ2) is 5.48. The Balaban J connectivity index is 1.72. The van der Waals surface area contributed by atoms with Crippen LogP contribution in [0, 0.1) is 0 Å². The molecule has 2 atom stereocenters. The van der Waals surface area contributed by atoms with Gasteiger partial charge in [-0.15, -0.1) is 0 Å². The first kappa shape index (κ1) is 12.9. The van der Waals surface area contributed by atoms with E-state index in [1.54, 1.807) is 22.5 Å². The van der Waals surface area contributed by atoms with Crippen molar-refractivity contribution in [3.8, 4) is 0 Å². The number of thiophene rings is 1. The van der Waals surface area contributed by atoms with Gasteiger partial charge >= 0.3 is 0 Å². The van der Waals surface area contributed by atoms with Gasteiger partial charge in [-0.2, -0.15) is 11.3 Å². The largest absolute Gasteiger partial charge is 0.304 e. The number of hydrogen-bond donors (Lipinski definition) is 1. The molecule has 2 aromatic rings. The van der Waals surface area contributed by atoms with E-state index in [0.717, 1.165) is 0 Å². The number of hydrogen-bond acceptors (Lipinski definition) is 2. The van der Waals surface area contributed by atoms with Crippen LogP contribution in [0.5, 0.6) is 0 Å². The Hall–Kier alpha value is -1.12. The topological polar surface area (TPSA) is 12.0 Å². The van der Waals surface area contributed by atoms with Crippen molar-refractivity contribution in [3.63, 3.8) is 0 Å². The molecule has 1 nitrogen and oxygen atoms in total. The third-order valence-electron chi connectivity index (χ3n) is 4.17. The van der Waals surface area contributed by atoms with E-state index in [2.05, 4.69) is 54.2 Å².